The van der Waals surface area contributed by atoms with Crippen molar-refractivity contribution in [2.75, 3.05) is 23.8 Å². The van der Waals surface area contributed by atoms with Gasteiger partial charge in [-0.15, -0.1) is 0 Å². The first kappa shape index (κ1) is 19.7. The third-order valence-electron chi connectivity index (χ3n) is 4.64. The summed E-state index contributed by atoms with van der Waals surface area (Å²) in [7, 11) is 0. The molecule has 146 valence electrons. The highest BCUT2D eigenvalue weighted by Crippen LogP contribution is 2.23. The first-order valence-corrected chi connectivity index (χ1v) is 10.0. The van der Waals surface area contributed by atoms with Crippen molar-refractivity contribution in [1.82, 2.24) is 0 Å². The van der Waals surface area contributed by atoms with Gasteiger partial charge in [0, 0.05) is 16.8 Å². The van der Waals surface area contributed by atoms with Gasteiger partial charge in [-0.3, -0.25) is 4.79 Å². The zero-order valence-electron chi connectivity index (χ0n) is 16.4. The van der Waals surface area contributed by atoms with Crippen molar-refractivity contribution in [2.45, 2.75) is 32.6 Å². The number of hydrogen-bond donors (Lipinski definition) is 2. The predicted octanol–water partition coefficient (Wildman–Crippen LogP) is 5.85. The molecule has 0 atom stereocenters. The van der Waals surface area contributed by atoms with Crippen LogP contribution in [0.25, 0.3) is 10.8 Å². The number of carbonyl (C=O) groups excluding carboxylic acids is 1. The standard InChI is InChI=1S/C24H28N2O2/c1-2-3-4-7-17-28-21-15-13-20(14-16-21)25-18-24(27)26-23-12-8-10-19-9-5-6-11-22(19)23/h5-6,8-16,25H,2-4,7,17-18H2,1H3,(H,26,27). The number of nitrogens with one attached hydrogen (secondary N) is 2. The van der Waals surface area contributed by atoms with Gasteiger partial charge in [0.1, 0.15) is 5.75 Å². The first-order chi connectivity index (χ1) is 13.8. The van der Waals surface area contributed by atoms with Gasteiger partial charge < -0.3 is 15.4 Å². The van der Waals surface area contributed by atoms with Gasteiger partial charge in [-0.05, 0) is 42.1 Å². The molecule has 0 fully saturated rings. The number of rotatable bonds is 10. The molecule has 0 aromatic heterocycles. The maximum Gasteiger partial charge on any atom is 0.243 e. The Kier molecular flexibility index (Phi) is 7.30. The molecule has 0 bridgehead atoms. The van der Waals surface area contributed by atoms with Gasteiger partial charge >= 0.3 is 0 Å². The second kappa shape index (κ2) is 10.4. The summed E-state index contributed by atoms with van der Waals surface area (Å²) in [6.07, 6.45) is 4.78. The molecule has 3 aromatic rings. The molecule has 0 saturated heterocycles. The summed E-state index contributed by atoms with van der Waals surface area (Å²) in [4.78, 5) is 12.3. The van der Waals surface area contributed by atoms with Gasteiger partial charge in [0.2, 0.25) is 5.91 Å². The molecule has 4 heteroatoms. The molecule has 0 heterocycles. The lowest BCUT2D eigenvalue weighted by Crippen LogP contribution is -2.21. The molecular formula is C24H28N2O2. The van der Waals surface area contributed by atoms with E-state index in [1.54, 1.807) is 0 Å². The summed E-state index contributed by atoms with van der Waals surface area (Å²) in [5.74, 6) is 0.787. The Hall–Kier alpha value is -3.01. The van der Waals surface area contributed by atoms with Crippen LogP contribution in [0.3, 0.4) is 0 Å². The highest BCUT2D eigenvalue weighted by Gasteiger charge is 2.05. The molecule has 0 unspecified atom stereocenters. The minimum atomic E-state index is -0.0763. The summed E-state index contributed by atoms with van der Waals surface area (Å²) in [5.41, 5.74) is 1.73. The fourth-order valence-corrected chi connectivity index (χ4v) is 3.10. The van der Waals surface area contributed by atoms with Crippen molar-refractivity contribution >= 4 is 28.1 Å². The van der Waals surface area contributed by atoms with Gasteiger partial charge in [-0.25, -0.2) is 0 Å². The van der Waals surface area contributed by atoms with Gasteiger partial charge in [0.05, 0.1) is 13.2 Å². The zero-order valence-corrected chi connectivity index (χ0v) is 16.4. The Morgan fingerprint density at radius 1 is 0.893 bits per heavy atom. The third-order valence-corrected chi connectivity index (χ3v) is 4.64. The number of anilines is 2. The van der Waals surface area contributed by atoms with Gasteiger partial charge in [-0.2, -0.15) is 0 Å². The van der Waals surface area contributed by atoms with E-state index in [9.17, 15) is 4.79 Å². The smallest absolute Gasteiger partial charge is 0.243 e. The molecule has 0 radical (unpaired) electrons. The monoisotopic (exact) mass is 376 g/mol. The second-order valence-electron chi connectivity index (χ2n) is 6.86. The van der Waals surface area contributed by atoms with Gasteiger partial charge in [-0.1, -0.05) is 62.6 Å². The summed E-state index contributed by atoms with van der Waals surface area (Å²) in [5, 5.41) is 8.29. The van der Waals surface area contributed by atoms with Crippen LogP contribution < -0.4 is 15.4 Å². The Morgan fingerprint density at radius 2 is 1.68 bits per heavy atom. The molecule has 0 aliphatic heterocycles. The van der Waals surface area contributed by atoms with Crippen LogP contribution in [-0.2, 0) is 4.79 Å². The van der Waals surface area contributed by atoms with Crippen molar-refractivity contribution in [3.63, 3.8) is 0 Å². The minimum Gasteiger partial charge on any atom is -0.494 e. The van der Waals surface area contributed by atoms with E-state index in [1.165, 1.54) is 19.3 Å². The quantitative estimate of drug-likeness (QED) is 0.436. The van der Waals surface area contributed by atoms with E-state index >= 15 is 0 Å². The summed E-state index contributed by atoms with van der Waals surface area (Å²) >= 11 is 0. The van der Waals surface area contributed by atoms with Crippen molar-refractivity contribution in [3.05, 3.63) is 66.7 Å². The number of ether oxygens (including phenoxy) is 1. The lowest BCUT2D eigenvalue weighted by Gasteiger charge is -2.11. The van der Waals surface area contributed by atoms with Crippen molar-refractivity contribution < 1.29 is 9.53 Å². The number of fused-ring (bicyclic) bond motifs is 1. The largest absolute Gasteiger partial charge is 0.494 e. The molecule has 2 N–H and O–H groups in total. The Bertz CT molecular complexity index is 885. The van der Waals surface area contributed by atoms with E-state index in [4.69, 9.17) is 4.74 Å². The average molecular weight is 377 g/mol. The molecule has 1 amide bonds. The second-order valence-corrected chi connectivity index (χ2v) is 6.86. The highest BCUT2D eigenvalue weighted by atomic mass is 16.5. The SMILES string of the molecule is CCCCCCOc1ccc(NCC(=O)Nc2cccc3ccccc23)cc1. The number of hydrogen-bond acceptors (Lipinski definition) is 3. The van der Waals surface area contributed by atoms with E-state index in [1.807, 2.05) is 66.7 Å². The van der Waals surface area contributed by atoms with Crippen LogP contribution in [0.5, 0.6) is 5.75 Å². The van der Waals surface area contributed by atoms with E-state index in [-0.39, 0.29) is 12.5 Å². The zero-order chi connectivity index (χ0) is 19.6. The van der Waals surface area contributed by atoms with Gasteiger partial charge in [0.25, 0.3) is 0 Å². The number of amides is 1. The highest BCUT2D eigenvalue weighted by molar-refractivity contribution is 6.03. The molecule has 4 nitrogen and oxygen atoms in total. The van der Waals surface area contributed by atoms with E-state index in [2.05, 4.69) is 17.6 Å². The van der Waals surface area contributed by atoms with Gasteiger partial charge in [0.15, 0.2) is 0 Å². The summed E-state index contributed by atoms with van der Waals surface area (Å²) < 4.78 is 5.75. The van der Waals surface area contributed by atoms with Crippen molar-refractivity contribution in [2.24, 2.45) is 0 Å². The van der Waals surface area contributed by atoms with Crippen LogP contribution in [0.1, 0.15) is 32.6 Å². The molecule has 0 aliphatic carbocycles. The van der Waals surface area contributed by atoms with Crippen LogP contribution in [0.2, 0.25) is 0 Å². The van der Waals surface area contributed by atoms with E-state index in [0.29, 0.717) is 0 Å². The summed E-state index contributed by atoms with van der Waals surface area (Å²) in [6.45, 7) is 3.16. The first-order valence-electron chi connectivity index (χ1n) is 10.0. The summed E-state index contributed by atoms with van der Waals surface area (Å²) in [6, 6.07) is 21.7. The van der Waals surface area contributed by atoms with Crippen LogP contribution in [0.15, 0.2) is 66.7 Å². The molecule has 28 heavy (non-hydrogen) atoms. The van der Waals surface area contributed by atoms with Crippen LogP contribution in [0.4, 0.5) is 11.4 Å². The molecule has 3 rings (SSSR count). The Morgan fingerprint density at radius 3 is 2.50 bits per heavy atom. The fourth-order valence-electron chi connectivity index (χ4n) is 3.10. The predicted molar refractivity (Wildman–Crippen MR) is 117 cm³/mol. The van der Waals surface area contributed by atoms with Crippen LogP contribution >= 0.6 is 0 Å². The van der Waals surface area contributed by atoms with Crippen LogP contribution in [-0.4, -0.2) is 19.1 Å². The normalized spacial score (nSPS) is 10.6. The minimum absolute atomic E-state index is 0.0763. The lowest BCUT2D eigenvalue weighted by molar-refractivity contribution is -0.114. The van der Waals surface area contributed by atoms with Crippen LogP contribution in [0, 0.1) is 0 Å². The molecule has 0 aliphatic rings. The lowest BCUT2D eigenvalue weighted by atomic mass is 10.1. The Balaban J connectivity index is 1.46. The van der Waals surface area contributed by atoms with Crippen molar-refractivity contribution in [3.8, 4) is 5.75 Å². The number of benzene rings is 3. The molecular weight excluding hydrogens is 348 g/mol. The Labute approximate surface area is 166 Å². The van der Waals surface area contributed by atoms with Crippen molar-refractivity contribution in [1.29, 1.82) is 0 Å². The fraction of sp³-hybridized carbons (Fsp3) is 0.292. The number of carbonyl (C=O) groups is 1. The van der Waals surface area contributed by atoms with E-state index in [0.717, 1.165) is 40.9 Å². The maximum atomic E-state index is 12.3. The average Bonchev–Trinajstić information content (AvgIpc) is 2.73. The molecule has 0 spiro atoms. The molecule has 3 aromatic carbocycles. The number of unbranched alkanes of at least 4 members (excludes halogenated alkanes) is 3. The van der Waals surface area contributed by atoms with E-state index < -0.39 is 0 Å². The topological polar surface area (TPSA) is 50.4 Å². The maximum absolute atomic E-state index is 12.3. The molecule has 0 saturated carbocycles. The third kappa shape index (κ3) is 5.74.